The van der Waals surface area contributed by atoms with Crippen molar-refractivity contribution >= 4 is 5.84 Å². The van der Waals surface area contributed by atoms with Crippen molar-refractivity contribution in [2.45, 2.75) is 32.5 Å². The summed E-state index contributed by atoms with van der Waals surface area (Å²) in [4.78, 5) is 0. The zero-order chi connectivity index (χ0) is 12.3. The highest BCUT2D eigenvalue weighted by Gasteiger charge is 2.42. The third-order valence-electron chi connectivity index (χ3n) is 1.70. The summed E-state index contributed by atoms with van der Waals surface area (Å²) in [6.07, 6.45) is -4.52. The topological polar surface area (TPSA) is 70.6 Å². The van der Waals surface area contributed by atoms with Gasteiger partial charge in [-0.15, -0.1) is 0 Å². The molecule has 0 aliphatic carbocycles. The van der Waals surface area contributed by atoms with E-state index < -0.39 is 30.0 Å². The van der Waals surface area contributed by atoms with Crippen molar-refractivity contribution in [3.63, 3.8) is 0 Å². The smallest absolute Gasteiger partial charge is 0.400 e. The molecule has 1 unspecified atom stereocenters. The van der Waals surface area contributed by atoms with Crippen LogP contribution in [0, 0.1) is 5.92 Å². The van der Waals surface area contributed by atoms with E-state index in [2.05, 4.69) is 10.5 Å². The number of rotatable bonds is 3. The van der Waals surface area contributed by atoms with Crippen LogP contribution in [0.4, 0.5) is 13.2 Å². The molecule has 0 heterocycles. The minimum atomic E-state index is -4.52. The molecule has 0 rings (SSSR count). The molecule has 0 aliphatic rings. The first kappa shape index (κ1) is 14.0. The second-order valence-electron chi connectivity index (χ2n) is 4.25. The number of halogens is 3. The zero-order valence-electron chi connectivity index (χ0n) is 8.89. The molecule has 7 heteroatoms. The van der Waals surface area contributed by atoms with Gasteiger partial charge in [-0.3, -0.25) is 0 Å². The monoisotopic (exact) mass is 227 g/mol. The van der Waals surface area contributed by atoms with Gasteiger partial charge in [-0.2, -0.15) is 13.2 Å². The molecular formula is C8H16F3N3O. The second kappa shape index (κ2) is 4.69. The molecule has 15 heavy (non-hydrogen) atoms. The van der Waals surface area contributed by atoms with Crippen LogP contribution in [-0.2, 0) is 0 Å². The van der Waals surface area contributed by atoms with Crippen LogP contribution in [0.3, 0.4) is 0 Å². The van der Waals surface area contributed by atoms with Gasteiger partial charge in [-0.25, -0.2) is 0 Å². The highest BCUT2D eigenvalue weighted by molar-refractivity contribution is 5.83. The van der Waals surface area contributed by atoms with E-state index in [4.69, 9.17) is 10.9 Å². The molecule has 0 radical (unpaired) electrons. The molecule has 0 bridgehead atoms. The molecule has 0 aromatic rings. The fourth-order valence-corrected chi connectivity index (χ4v) is 0.866. The van der Waals surface area contributed by atoms with E-state index in [0.717, 1.165) is 0 Å². The summed E-state index contributed by atoms with van der Waals surface area (Å²) < 4.78 is 37.3. The van der Waals surface area contributed by atoms with Crippen LogP contribution in [0.1, 0.15) is 20.8 Å². The first-order chi connectivity index (χ1) is 6.58. The largest absolute Gasteiger partial charge is 0.409 e. The lowest BCUT2D eigenvalue weighted by Gasteiger charge is -2.25. The summed E-state index contributed by atoms with van der Waals surface area (Å²) in [5.74, 6) is -2.80. The predicted molar refractivity (Wildman–Crippen MR) is 50.7 cm³/mol. The molecule has 0 saturated heterocycles. The number of nitrogens with two attached hydrogens (primary N) is 1. The second-order valence-corrected chi connectivity index (χ2v) is 4.25. The maximum Gasteiger partial charge on any atom is 0.400 e. The summed E-state index contributed by atoms with van der Waals surface area (Å²) >= 11 is 0. The van der Waals surface area contributed by atoms with E-state index in [9.17, 15) is 13.2 Å². The molecule has 0 fully saturated rings. The van der Waals surface area contributed by atoms with E-state index in [1.54, 1.807) is 20.8 Å². The molecule has 0 aromatic carbocycles. The molecule has 0 saturated carbocycles. The van der Waals surface area contributed by atoms with Crippen molar-refractivity contribution in [2.24, 2.45) is 16.8 Å². The summed E-state index contributed by atoms with van der Waals surface area (Å²) in [5, 5.41) is 13.3. The SMILES string of the molecule is CC(C)(C)NCC(C(N)=NO)C(F)(F)F. The first-order valence-electron chi connectivity index (χ1n) is 4.37. The quantitative estimate of drug-likeness (QED) is 0.294. The minimum absolute atomic E-state index is 0.414. The van der Waals surface area contributed by atoms with E-state index in [1.165, 1.54) is 0 Å². The zero-order valence-corrected chi connectivity index (χ0v) is 8.89. The fourth-order valence-electron chi connectivity index (χ4n) is 0.866. The lowest BCUT2D eigenvalue weighted by Crippen LogP contribution is -2.47. The Morgan fingerprint density at radius 3 is 2.13 bits per heavy atom. The van der Waals surface area contributed by atoms with Crippen molar-refractivity contribution < 1.29 is 18.4 Å². The van der Waals surface area contributed by atoms with Crippen LogP contribution in [0.5, 0.6) is 0 Å². The Bertz CT molecular complexity index is 232. The van der Waals surface area contributed by atoms with Crippen LogP contribution in [0.25, 0.3) is 0 Å². The minimum Gasteiger partial charge on any atom is -0.409 e. The van der Waals surface area contributed by atoms with Gasteiger partial charge in [0.25, 0.3) is 0 Å². The lowest BCUT2D eigenvalue weighted by atomic mass is 10.0. The van der Waals surface area contributed by atoms with Crippen molar-refractivity contribution in [3.8, 4) is 0 Å². The van der Waals surface area contributed by atoms with Gasteiger partial charge in [0.1, 0.15) is 5.92 Å². The van der Waals surface area contributed by atoms with Gasteiger partial charge < -0.3 is 16.3 Å². The number of nitrogens with zero attached hydrogens (tertiary/aromatic N) is 1. The van der Waals surface area contributed by atoms with Gasteiger partial charge in [0.2, 0.25) is 0 Å². The van der Waals surface area contributed by atoms with E-state index >= 15 is 0 Å². The van der Waals surface area contributed by atoms with Crippen LogP contribution < -0.4 is 11.1 Å². The highest BCUT2D eigenvalue weighted by atomic mass is 19.4. The molecule has 0 aliphatic heterocycles. The van der Waals surface area contributed by atoms with Gasteiger partial charge in [-0.1, -0.05) is 5.16 Å². The van der Waals surface area contributed by atoms with Crippen molar-refractivity contribution in [1.29, 1.82) is 0 Å². The van der Waals surface area contributed by atoms with Gasteiger partial charge in [0.15, 0.2) is 5.84 Å². The molecule has 0 aromatic heterocycles. The van der Waals surface area contributed by atoms with Crippen LogP contribution in [0.2, 0.25) is 0 Å². The molecule has 4 N–H and O–H groups in total. The average molecular weight is 227 g/mol. The Morgan fingerprint density at radius 2 is 1.87 bits per heavy atom. The van der Waals surface area contributed by atoms with E-state index in [-0.39, 0.29) is 0 Å². The molecule has 0 spiro atoms. The Balaban J connectivity index is 4.56. The maximum absolute atomic E-state index is 12.4. The van der Waals surface area contributed by atoms with Gasteiger partial charge in [0.05, 0.1) is 0 Å². The summed E-state index contributed by atoms with van der Waals surface area (Å²) in [7, 11) is 0. The summed E-state index contributed by atoms with van der Waals surface area (Å²) in [5.41, 5.74) is 4.51. The molecule has 4 nitrogen and oxygen atoms in total. The predicted octanol–water partition coefficient (Wildman–Crippen LogP) is 1.30. The normalized spacial score (nSPS) is 16.5. The van der Waals surface area contributed by atoms with Crippen molar-refractivity contribution in [1.82, 2.24) is 5.32 Å². The third kappa shape index (κ3) is 5.46. The summed E-state index contributed by atoms with van der Waals surface area (Å²) in [6, 6.07) is 0. The number of amidine groups is 1. The molecule has 0 amide bonds. The standard InChI is InChI=1S/C8H16F3N3O/c1-7(2,3)13-4-5(6(12)14-15)8(9,10)11/h5,13,15H,4H2,1-3H3,(H2,12,14). The Morgan fingerprint density at radius 1 is 1.40 bits per heavy atom. The number of hydrogen-bond donors (Lipinski definition) is 3. The van der Waals surface area contributed by atoms with Crippen molar-refractivity contribution in [3.05, 3.63) is 0 Å². The van der Waals surface area contributed by atoms with Gasteiger partial charge in [0, 0.05) is 12.1 Å². The average Bonchev–Trinajstić information content (AvgIpc) is 1.99. The number of alkyl halides is 3. The third-order valence-corrected chi connectivity index (χ3v) is 1.70. The van der Waals surface area contributed by atoms with Gasteiger partial charge >= 0.3 is 6.18 Å². The fraction of sp³-hybridized carbons (Fsp3) is 0.875. The van der Waals surface area contributed by atoms with E-state index in [1.807, 2.05) is 0 Å². The molecule has 90 valence electrons. The van der Waals surface area contributed by atoms with Crippen LogP contribution in [-0.4, -0.2) is 29.3 Å². The Kier molecular flexibility index (Phi) is 4.39. The van der Waals surface area contributed by atoms with E-state index in [0.29, 0.717) is 0 Å². The number of nitrogens with one attached hydrogen (secondary N) is 1. The van der Waals surface area contributed by atoms with Gasteiger partial charge in [-0.05, 0) is 20.8 Å². The van der Waals surface area contributed by atoms with Crippen LogP contribution in [0.15, 0.2) is 5.16 Å². The maximum atomic E-state index is 12.4. The Labute approximate surface area is 86.3 Å². The number of oxime groups is 1. The summed E-state index contributed by atoms with van der Waals surface area (Å²) in [6.45, 7) is 4.77. The first-order valence-corrected chi connectivity index (χ1v) is 4.37. The highest BCUT2D eigenvalue weighted by Crippen LogP contribution is 2.26. The van der Waals surface area contributed by atoms with Crippen molar-refractivity contribution in [2.75, 3.05) is 6.54 Å². The number of hydrogen-bond acceptors (Lipinski definition) is 3. The lowest BCUT2D eigenvalue weighted by molar-refractivity contribution is -0.155. The molecule has 1 atom stereocenters. The molecular weight excluding hydrogens is 211 g/mol. The van der Waals surface area contributed by atoms with Crippen LogP contribution >= 0.6 is 0 Å². The Hall–Kier alpha value is -0.980.